The van der Waals surface area contributed by atoms with E-state index in [9.17, 15) is 19.2 Å². The highest BCUT2D eigenvalue weighted by Crippen LogP contribution is 2.22. The van der Waals surface area contributed by atoms with E-state index in [1.807, 2.05) is 0 Å². The topological polar surface area (TPSA) is 98.8 Å². The van der Waals surface area contributed by atoms with E-state index in [0.29, 0.717) is 22.2 Å². The van der Waals surface area contributed by atoms with Crippen LogP contribution in [0.3, 0.4) is 0 Å². The third-order valence-corrected chi connectivity index (χ3v) is 4.57. The van der Waals surface area contributed by atoms with Crippen molar-refractivity contribution in [2.75, 3.05) is 13.2 Å². The molecule has 0 aliphatic carbocycles. The first-order valence-corrected chi connectivity index (χ1v) is 8.75. The molecule has 0 saturated carbocycles. The molecule has 2 aromatic carbocycles. The average Bonchev–Trinajstić information content (AvgIpc) is 3.15. The second-order valence-corrected chi connectivity index (χ2v) is 6.27. The number of hydrogen-bond donors (Lipinski definition) is 0. The highest BCUT2D eigenvalue weighted by molar-refractivity contribution is 6.21. The van der Waals surface area contributed by atoms with E-state index in [-0.39, 0.29) is 26.1 Å². The number of carbonyl (C=O) groups is 3. The van der Waals surface area contributed by atoms with Gasteiger partial charge in [-0.15, -0.1) is 0 Å². The lowest BCUT2D eigenvalue weighted by atomic mass is 10.1. The van der Waals surface area contributed by atoms with E-state index < -0.39 is 23.5 Å². The molecule has 28 heavy (non-hydrogen) atoms. The Bertz CT molecular complexity index is 1110. The Morgan fingerprint density at radius 2 is 1.54 bits per heavy atom. The van der Waals surface area contributed by atoms with Crippen molar-refractivity contribution in [1.29, 1.82) is 0 Å². The number of ether oxygens (including phenoxy) is 1. The number of hydrogen-bond acceptors (Lipinski definition) is 6. The van der Waals surface area contributed by atoms with Crippen LogP contribution in [0.5, 0.6) is 0 Å². The first kappa shape index (κ1) is 17.7. The number of esters is 1. The van der Waals surface area contributed by atoms with Gasteiger partial charge < -0.3 is 9.15 Å². The lowest BCUT2D eigenvalue weighted by Crippen LogP contribution is -2.33. The maximum absolute atomic E-state index is 12.2. The number of benzene rings is 2. The molecule has 0 radical (unpaired) electrons. The Morgan fingerprint density at radius 3 is 2.25 bits per heavy atom. The van der Waals surface area contributed by atoms with Crippen LogP contribution in [0.25, 0.3) is 11.1 Å². The first-order valence-electron chi connectivity index (χ1n) is 8.75. The van der Waals surface area contributed by atoms with E-state index >= 15 is 0 Å². The molecule has 0 unspecified atom stereocenters. The maximum Gasteiger partial charge on any atom is 0.419 e. The van der Waals surface area contributed by atoms with Crippen LogP contribution in [0.1, 0.15) is 27.1 Å². The van der Waals surface area contributed by atoms with Crippen LogP contribution in [0, 0.1) is 0 Å². The summed E-state index contributed by atoms with van der Waals surface area (Å²) in [6.45, 7) is -0.0142. The summed E-state index contributed by atoms with van der Waals surface area (Å²) in [5.41, 5.74) is 1.76. The van der Waals surface area contributed by atoms with E-state index in [0.717, 1.165) is 4.90 Å². The molecule has 1 aromatic heterocycles. The minimum absolute atomic E-state index is 0.0212. The standard InChI is InChI=1S/C20H16N2O6/c23-17(9-10-21-15-7-3-4-8-16(15)28-20(21)26)27-12-11-22-18(24)13-5-1-2-6-14(13)19(22)25/h1-8H,9-12H2. The number of aryl methyl sites for hydroxylation is 1. The average molecular weight is 380 g/mol. The summed E-state index contributed by atoms with van der Waals surface area (Å²) in [4.78, 5) is 49.4. The predicted molar refractivity (Wildman–Crippen MR) is 97.9 cm³/mol. The Kier molecular flexibility index (Phi) is 4.52. The molecule has 8 nitrogen and oxygen atoms in total. The Hall–Kier alpha value is -3.68. The molecule has 2 amide bonds. The molecule has 4 rings (SSSR count). The highest BCUT2D eigenvalue weighted by Gasteiger charge is 2.34. The second-order valence-electron chi connectivity index (χ2n) is 6.27. The quantitative estimate of drug-likeness (QED) is 0.478. The van der Waals surface area contributed by atoms with Gasteiger partial charge in [0.15, 0.2) is 5.58 Å². The monoisotopic (exact) mass is 380 g/mol. The fraction of sp³-hybridized carbons (Fsp3) is 0.200. The maximum atomic E-state index is 12.2. The van der Waals surface area contributed by atoms with Gasteiger partial charge in [-0.3, -0.25) is 23.9 Å². The molecule has 3 aromatic rings. The first-order chi connectivity index (χ1) is 13.6. The minimum Gasteiger partial charge on any atom is -0.464 e. The molecule has 0 spiro atoms. The number of para-hydroxylation sites is 2. The molecular weight excluding hydrogens is 364 g/mol. The summed E-state index contributed by atoms with van der Waals surface area (Å²) in [6.07, 6.45) is -0.0362. The highest BCUT2D eigenvalue weighted by atomic mass is 16.5. The summed E-state index contributed by atoms with van der Waals surface area (Å²) >= 11 is 0. The molecule has 2 heterocycles. The number of nitrogens with zero attached hydrogens (tertiary/aromatic N) is 2. The molecule has 142 valence electrons. The number of aromatic nitrogens is 1. The van der Waals surface area contributed by atoms with Gasteiger partial charge in [0.25, 0.3) is 11.8 Å². The van der Waals surface area contributed by atoms with Crippen LogP contribution in [-0.4, -0.2) is 40.4 Å². The van der Waals surface area contributed by atoms with Crippen molar-refractivity contribution in [2.45, 2.75) is 13.0 Å². The number of rotatable bonds is 6. The fourth-order valence-corrected chi connectivity index (χ4v) is 3.19. The molecule has 0 N–H and O–H groups in total. The Morgan fingerprint density at radius 1 is 0.893 bits per heavy atom. The van der Waals surface area contributed by atoms with Crippen molar-refractivity contribution < 1.29 is 23.5 Å². The van der Waals surface area contributed by atoms with Crippen molar-refractivity contribution in [3.8, 4) is 0 Å². The summed E-state index contributed by atoms with van der Waals surface area (Å²) < 4.78 is 11.6. The van der Waals surface area contributed by atoms with Crippen molar-refractivity contribution in [2.24, 2.45) is 0 Å². The molecule has 0 fully saturated rings. The van der Waals surface area contributed by atoms with Crippen LogP contribution in [0.15, 0.2) is 57.7 Å². The van der Waals surface area contributed by atoms with Gasteiger partial charge >= 0.3 is 11.7 Å². The van der Waals surface area contributed by atoms with Crippen LogP contribution >= 0.6 is 0 Å². The van der Waals surface area contributed by atoms with Gasteiger partial charge in [-0.25, -0.2) is 4.79 Å². The lowest BCUT2D eigenvalue weighted by Gasteiger charge is -2.13. The van der Waals surface area contributed by atoms with Crippen molar-refractivity contribution >= 4 is 28.9 Å². The van der Waals surface area contributed by atoms with Gasteiger partial charge in [-0.2, -0.15) is 0 Å². The van der Waals surface area contributed by atoms with Gasteiger partial charge in [-0.1, -0.05) is 24.3 Å². The Labute approximate surface area is 158 Å². The van der Waals surface area contributed by atoms with Crippen LogP contribution < -0.4 is 5.76 Å². The zero-order valence-corrected chi connectivity index (χ0v) is 14.8. The third-order valence-electron chi connectivity index (χ3n) is 4.57. The van der Waals surface area contributed by atoms with Crippen LogP contribution in [0.4, 0.5) is 0 Å². The van der Waals surface area contributed by atoms with Gasteiger partial charge in [0.05, 0.1) is 29.6 Å². The minimum atomic E-state index is -0.542. The van der Waals surface area contributed by atoms with Gasteiger partial charge in [-0.05, 0) is 24.3 Å². The number of amides is 2. The second kappa shape index (κ2) is 7.15. The summed E-state index contributed by atoms with van der Waals surface area (Å²) in [7, 11) is 0. The molecule has 8 heteroatoms. The molecule has 0 atom stereocenters. The molecule has 1 aliphatic rings. The van der Waals surface area contributed by atoms with E-state index in [2.05, 4.69) is 0 Å². The fourth-order valence-electron chi connectivity index (χ4n) is 3.19. The van der Waals surface area contributed by atoms with Gasteiger partial charge in [0, 0.05) is 6.54 Å². The Balaban J connectivity index is 1.31. The summed E-state index contributed by atoms with van der Waals surface area (Å²) in [6, 6.07) is 13.5. The summed E-state index contributed by atoms with van der Waals surface area (Å²) in [5.74, 6) is -1.87. The molecule has 0 saturated heterocycles. The smallest absolute Gasteiger partial charge is 0.419 e. The number of carbonyl (C=O) groups excluding carboxylic acids is 3. The van der Waals surface area contributed by atoms with E-state index in [1.54, 1.807) is 48.5 Å². The van der Waals surface area contributed by atoms with Gasteiger partial charge in [0.2, 0.25) is 0 Å². The van der Waals surface area contributed by atoms with Crippen LogP contribution in [-0.2, 0) is 16.1 Å². The lowest BCUT2D eigenvalue weighted by molar-refractivity contribution is -0.144. The zero-order chi connectivity index (χ0) is 19.7. The van der Waals surface area contributed by atoms with Crippen LogP contribution in [0.2, 0.25) is 0 Å². The van der Waals surface area contributed by atoms with Crippen molar-refractivity contribution in [3.63, 3.8) is 0 Å². The molecule has 0 bridgehead atoms. The number of fused-ring (bicyclic) bond motifs is 2. The molecule has 1 aliphatic heterocycles. The largest absolute Gasteiger partial charge is 0.464 e. The SMILES string of the molecule is O=C(CCn1c(=O)oc2ccccc21)OCCN1C(=O)c2ccccc2C1=O. The van der Waals surface area contributed by atoms with Crippen molar-refractivity contribution in [1.82, 2.24) is 9.47 Å². The van der Waals surface area contributed by atoms with Crippen molar-refractivity contribution in [3.05, 3.63) is 70.2 Å². The van der Waals surface area contributed by atoms with Gasteiger partial charge in [0.1, 0.15) is 6.61 Å². The zero-order valence-electron chi connectivity index (χ0n) is 14.8. The predicted octanol–water partition coefficient (Wildman–Crippen LogP) is 1.82. The number of oxazole rings is 1. The normalized spacial score (nSPS) is 13.2. The van der Waals surface area contributed by atoms with E-state index in [1.165, 1.54) is 4.57 Å². The number of imide groups is 1. The van der Waals surface area contributed by atoms with E-state index in [4.69, 9.17) is 9.15 Å². The molecular formula is C20H16N2O6. The summed E-state index contributed by atoms with van der Waals surface area (Å²) in [5, 5.41) is 0. The third kappa shape index (κ3) is 3.09.